The predicted molar refractivity (Wildman–Crippen MR) is 91.5 cm³/mol. The normalized spacial score (nSPS) is 14.8. The van der Waals surface area contributed by atoms with E-state index < -0.39 is 9.84 Å². The van der Waals surface area contributed by atoms with Crippen molar-refractivity contribution < 1.29 is 8.42 Å². The lowest BCUT2D eigenvalue weighted by atomic mass is 9.96. The smallest absolute Gasteiger partial charge is 0.206 e. The van der Waals surface area contributed by atoms with Crippen LogP contribution in [-0.2, 0) is 29.7 Å². The summed E-state index contributed by atoms with van der Waals surface area (Å²) in [6, 6.07) is 14.2. The van der Waals surface area contributed by atoms with E-state index in [2.05, 4.69) is 11.6 Å². The molecule has 0 atom stereocenters. The Kier molecular flexibility index (Phi) is 3.31. The molecule has 0 unspecified atom stereocenters. The van der Waals surface area contributed by atoms with E-state index in [0.29, 0.717) is 9.79 Å². The summed E-state index contributed by atoms with van der Waals surface area (Å²) in [6.07, 6.45) is 4.52. The number of fused-ring (bicyclic) bond motifs is 3. The number of benzene rings is 2. The third kappa shape index (κ3) is 2.20. The zero-order valence-corrected chi connectivity index (χ0v) is 13.9. The van der Waals surface area contributed by atoms with Gasteiger partial charge in [-0.15, -0.1) is 0 Å². The van der Waals surface area contributed by atoms with Crippen molar-refractivity contribution in [1.82, 2.24) is 4.57 Å². The van der Waals surface area contributed by atoms with Crippen molar-refractivity contribution in [1.29, 1.82) is 0 Å². The van der Waals surface area contributed by atoms with Gasteiger partial charge in [0.2, 0.25) is 9.84 Å². The topological polar surface area (TPSA) is 39.1 Å². The second-order valence-corrected chi connectivity index (χ2v) is 8.14. The highest BCUT2D eigenvalue weighted by Gasteiger charge is 2.22. The van der Waals surface area contributed by atoms with Gasteiger partial charge in [0.05, 0.1) is 9.79 Å². The average Bonchev–Trinajstić information content (AvgIpc) is 2.89. The van der Waals surface area contributed by atoms with Crippen LogP contribution in [-0.4, -0.2) is 13.0 Å². The van der Waals surface area contributed by atoms with Crippen molar-refractivity contribution in [3.8, 4) is 0 Å². The Bertz CT molecular complexity index is 985. The third-order valence-corrected chi connectivity index (χ3v) is 6.63. The van der Waals surface area contributed by atoms with Crippen molar-refractivity contribution in [3.63, 3.8) is 0 Å². The summed E-state index contributed by atoms with van der Waals surface area (Å²) in [5, 5.41) is 1.10. The molecule has 0 fully saturated rings. The van der Waals surface area contributed by atoms with Crippen molar-refractivity contribution >= 4 is 20.7 Å². The standard InChI is InChI=1S/C19H19NO2S/c1-20-18-10-6-5-9-16(18)17-13-15(11-12-19(17)20)23(21,22)14-7-3-2-4-8-14/h2-4,7-8,11-13H,5-6,9-10H2,1H3. The molecule has 1 aliphatic carbocycles. The molecule has 1 heterocycles. The number of sulfone groups is 1. The number of aromatic nitrogens is 1. The molecule has 0 saturated carbocycles. The molecule has 0 amide bonds. The maximum atomic E-state index is 12.8. The van der Waals surface area contributed by atoms with Crippen LogP contribution in [0.2, 0.25) is 0 Å². The quantitative estimate of drug-likeness (QED) is 0.717. The lowest BCUT2D eigenvalue weighted by Gasteiger charge is -2.13. The van der Waals surface area contributed by atoms with E-state index >= 15 is 0 Å². The van der Waals surface area contributed by atoms with E-state index in [0.717, 1.165) is 23.7 Å². The van der Waals surface area contributed by atoms with Crippen LogP contribution in [0.3, 0.4) is 0 Å². The van der Waals surface area contributed by atoms with Crippen LogP contribution in [0.4, 0.5) is 0 Å². The summed E-state index contributed by atoms with van der Waals surface area (Å²) in [5.74, 6) is 0. The monoisotopic (exact) mass is 325 g/mol. The van der Waals surface area contributed by atoms with Gasteiger partial charge in [0.15, 0.2) is 0 Å². The average molecular weight is 325 g/mol. The molecule has 3 aromatic rings. The summed E-state index contributed by atoms with van der Waals surface area (Å²) in [4.78, 5) is 0.735. The lowest BCUT2D eigenvalue weighted by molar-refractivity contribution is 0.596. The van der Waals surface area contributed by atoms with E-state index in [1.807, 2.05) is 18.2 Å². The maximum Gasteiger partial charge on any atom is 0.206 e. The van der Waals surface area contributed by atoms with Crippen LogP contribution in [0.5, 0.6) is 0 Å². The highest BCUT2D eigenvalue weighted by atomic mass is 32.2. The first-order chi connectivity index (χ1) is 11.1. The summed E-state index contributed by atoms with van der Waals surface area (Å²) in [5.41, 5.74) is 3.82. The van der Waals surface area contributed by atoms with Gasteiger partial charge in [0.25, 0.3) is 0 Å². The summed E-state index contributed by atoms with van der Waals surface area (Å²) >= 11 is 0. The maximum absolute atomic E-state index is 12.8. The van der Waals surface area contributed by atoms with Gasteiger partial charge in [-0.05, 0) is 61.6 Å². The molecule has 4 rings (SSSR count). The Balaban J connectivity index is 1.93. The van der Waals surface area contributed by atoms with Gasteiger partial charge in [-0.25, -0.2) is 8.42 Å². The first kappa shape index (κ1) is 14.5. The molecular formula is C19H19NO2S. The van der Waals surface area contributed by atoms with Crippen molar-refractivity contribution in [2.45, 2.75) is 35.5 Å². The molecule has 118 valence electrons. The molecule has 0 bridgehead atoms. The fraction of sp³-hybridized carbons (Fsp3) is 0.263. The zero-order valence-electron chi connectivity index (χ0n) is 13.1. The molecule has 4 heteroatoms. The first-order valence-electron chi connectivity index (χ1n) is 7.99. The molecule has 0 spiro atoms. The minimum atomic E-state index is -3.46. The molecule has 23 heavy (non-hydrogen) atoms. The van der Waals surface area contributed by atoms with Gasteiger partial charge in [0.1, 0.15) is 0 Å². The summed E-state index contributed by atoms with van der Waals surface area (Å²) in [6.45, 7) is 0. The molecule has 1 aromatic heterocycles. The molecule has 0 radical (unpaired) electrons. The number of nitrogens with zero attached hydrogens (tertiary/aromatic N) is 1. The van der Waals surface area contributed by atoms with Crippen molar-refractivity contribution in [3.05, 3.63) is 59.8 Å². The SMILES string of the molecule is Cn1c2c(c3cc(S(=O)(=O)c4ccccc4)ccc31)CCCC2. The molecule has 0 aliphatic heterocycles. The Morgan fingerprint density at radius 2 is 1.65 bits per heavy atom. The molecule has 0 N–H and O–H groups in total. The number of rotatable bonds is 2. The van der Waals surface area contributed by atoms with Crippen molar-refractivity contribution in [2.75, 3.05) is 0 Å². The highest BCUT2D eigenvalue weighted by molar-refractivity contribution is 7.91. The third-order valence-electron chi connectivity index (χ3n) is 4.86. The van der Waals surface area contributed by atoms with Gasteiger partial charge in [-0.1, -0.05) is 18.2 Å². The minimum absolute atomic E-state index is 0.351. The van der Waals surface area contributed by atoms with Gasteiger partial charge in [0, 0.05) is 23.6 Å². The fourth-order valence-electron chi connectivity index (χ4n) is 3.65. The summed E-state index contributed by atoms with van der Waals surface area (Å²) < 4.78 is 27.9. The Hall–Kier alpha value is -2.07. The fourth-order valence-corrected chi connectivity index (χ4v) is 4.96. The molecule has 1 aliphatic rings. The first-order valence-corrected chi connectivity index (χ1v) is 9.47. The second kappa shape index (κ2) is 5.24. The number of hydrogen-bond acceptors (Lipinski definition) is 2. The molecule has 2 aromatic carbocycles. The van der Waals surface area contributed by atoms with Crippen LogP contribution in [0.1, 0.15) is 24.1 Å². The zero-order chi connectivity index (χ0) is 16.0. The van der Waals surface area contributed by atoms with Gasteiger partial charge in [-0.3, -0.25) is 0 Å². The van der Waals surface area contributed by atoms with Crippen molar-refractivity contribution in [2.24, 2.45) is 7.05 Å². The van der Waals surface area contributed by atoms with E-state index in [-0.39, 0.29) is 0 Å². The van der Waals surface area contributed by atoms with Crippen LogP contribution in [0.25, 0.3) is 10.9 Å². The highest BCUT2D eigenvalue weighted by Crippen LogP contribution is 2.33. The van der Waals surface area contributed by atoms with Crippen LogP contribution < -0.4 is 0 Å². The van der Waals surface area contributed by atoms with Crippen LogP contribution in [0.15, 0.2) is 58.3 Å². The van der Waals surface area contributed by atoms with Gasteiger partial charge in [-0.2, -0.15) is 0 Å². The Labute approximate surface area is 136 Å². The summed E-state index contributed by atoms with van der Waals surface area (Å²) in [7, 11) is -1.38. The lowest BCUT2D eigenvalue weighted by Crippen LogP contribution is -2.04. The largest absolute Gasteiger partial charge is 0.347 e. The minimum Gasteiger partial charge on any atom is -0.347 e. The number of hydrogen-bond donors (Lipinski definition) is 0. The van der Waals surface area contributed by atoms with Gasteiger partial charge >= 0.3 is 0 Å². The van der Waals surface area contributed by atoms with Crippen LogP contribution in [0, 0.1) is 0 Å². The Morgan fingerprint density at radius 1 is 0.913 bits per heavy atom. The van der Waals surface area contributed by atoms with E-state index in [9.17, 15) is 8.42 Å². The molecular weight excluding hydrogens is 306 g/mol. The second-order valence-electron chi connectivity index (χ2n) is 6.19. The molecule has 0 saturated heterocycles. The predicted octanol–water partition coefficient (Wildman–Crippen LogP) is 3.89. The number of aryl methyl sites for hydroxylation is 2. The van der Waals surface area contributed by atoms with Crippen LogP contribution >= 0.6 is 0 Å². The van der Waals surface area contributed by atoms with Gasteiger partial charge < -0.3 is 4.57 Å². The van der Waals surface area contributed by atoms with E-state index in [1.165, 1.54) is 24.1 Å². The van der Waals surface area contributed by atoms with E-state index in [1.54, 1.807) is 30.3 Å². The molecule has 3 nitrogen and oxygen atoms in total. The van der Waals surface area contributed by atoms with E-state index in [4.69, 9.17) is 0 Å². The Morgan fingerprint density at radius 3 is 2.43 bits per heavy atom.